The standard InChI is InChI=1S/C19H21N5O5.CH2O2/c1-29-19(28)11-2-3-14(20-8-11)17(26)24-7-5-13-15(10-24)21-22-16(13)18(27)23-6-4-12(25)9-23;2-1-3/h2-3,8,12,25H,4-7,9-10H2,1H3,(H,21,22);1H,(H,2,3). The molecule has 12 heteroatoms. The Balaban J connectivity index is 0.000000913. The van der Waals surface area contributed by atoms with Gasteiger partial charge in [-0.15, -0.1) is 0 Å². The van der Waals surface area contributed by atoms with Crippen LogP contribution >= 0.6 is 0 Å². The van der Waals surface area contributed by atoms with Crippen LogP contribution in [0.5, 0.6) is 0 Å². The second-order valence-electron chi connectivity index (χ2n) is 7.23. The highest BCUT2D eigenvalue weighted by Crippen LogP contribution is 2.23. The number of methoxy groups -OCH3 is 1. The predicted molar refractivity (Wildman–Crippen MR) is 108 cm³/mol. The molecule has 2 aromatic rings. The van der Waals surface area contributed by atoms with Gasteiger partial charge < -0.3 is 24.7 Å². The first-order valence-corrected chi connectivity index (χ1v) is 9.84. The fraction of sp³-hybridized carbons (Fsp3) is 0.400. The number of carbonyl (C=O) groups excluding carboxylic acids is 3. The van der Waals surface area contributed by atoms with Gasteiger partial charge in [-0.2, -0.15) is 5.10 Å². The molecule has 2 aliphatic rings. The number of aliphatic hydroxyl groups excluding tert-OH is 1. The van der Waals surface area contributed by atoms with Crippen LogP contribution in [-0.4, -0.2) is 92.3 Å². The third-order valence-corrected chi connectivity index (χ3v) is 5.28. The average molecular weight is 445 g/mol. The van der Waals surface area contributed by atoms with Crippen molar-refractivity contribution in [3.63, 3.8) is 0 Å². The Labute approximate surface area is 182 Å². The van der Waals surface area contributed by atoms with E-state index in [1.807, 2.05) is 0 Å². The van der Waals surface area contributed by atoms with E-state index < -0.39 is 12.1 Å². The van der Waals surface area contributed by atoms with E-state index in [2.05, 4.69) is 19.9 Å². The van der Waals surface area contributed by atoms with Crippen molar-refractivity contribution in [1.82, 2.24) is 25.0 Å². The molecule has 32 heavy (non-hydrogen) atoms. The molecule has 0 aromatic carbocycles. The van der Waals surface area contributed by atoms with Crippen LogP contribution in [-0.2, 0) is 22.5 Å². The summed E-state index contributed by atoms with van der Waals surface area (Å²) in [5.41, 5.74) is 2.40. The van der Waals surface area contributed by atoms with Gasteiger partial charge in [0.15, 0.2) is 5.69 Å². The predicted octanol–water partition coefficient (Wildman–Crippen LogP) is -0.303. The van der Waals surface area contributed by atoms with Gasteiger partial charge >= 0.3 is 5.97 Å². The lowest BCUT2D eigenvalue weighted by molar-refractivity contribution is -0.122. The van der Waals surface area contributed by atoms with Gasteiger partial charge in [-0.25, -0.2) is 4.79 Å². The number of likely N-dealkylation sites (tertiary alicyclic amines) is 1. The number of rotatable bonds is 3. The number of aliphatic hydroxyl groups is 1. The number of aromatic nitrogens is 3. The summed E-state index contributed by atoms with van der Waals surface area (Å²) in [6, 6.07) is 2.99. The Morgan fingerprint density at radius 3 is 2.56 bits per heavy atom. The first-order chi connectivity index (χ1) is 15.4. The number of esters is 1. The van der Waals surface area contributed by atoms with E-state index in [-0.39, 0.29) is 36.1 Å². The SMILES string of the molecule is COC(=O)c1ccc(C(=O)N2CCc3c(C(=O)N4CCC(O)C4)n[nH]c3C2)nc1.O=CO. The number of aromatic amines is 1. The van der Waals surface area contributed by atoms with Crippen LogP contribution in [0.1, 0.15) is 49.0 Å². The van der Waals surface area contributed by atoms with E-state index >= 15 is 0 Å². The molecule has 0 spiro atoms. The maximum absolute atomic E-state index is 12.8. The van der Waals surface area contributed by atoms with Crippen molar-refractivity contribution in [2.75, 3.05) is 26.7 Å². The molecule has 2 aliphatic heterocycles. The van der Waals surface area contributed by atoms with Gasteiger partial charge in [0.2, 0.25) is 0 Å². The lowest BCUT2D eigenvalue weighted by Gasteiger charge is -2.27. The molecule has 0 aliphatic carbocycles. The highest BCUT2D eigenvalue weighted by atomic mass is 16.5. The summed E-state index contributed by atoms with van der Waals surface area (Å²) >= 11 is 0. The highest BCUT2D eigenvalue weighted by molar-refractivity contribution is 5.96. The first kappa shape index (κ1) is 22.9. The molecule has 4 heterocycles. The molecule has 170 valence electrons. The van der Waals surface area contributed by atoms with Crippen molar-refractivity contribution in [1.29, 1.82) is 0 Å². The van der Waals surface area contributed by atoms with Crippen molar-refractivity contribution < 1.29 is 34.1 Å². The maximum Gasteiger partial charge on any atom is 0.339 e. The Kier molecular flexibility index (Phi) is 7.15. The van der Waals surface area contributed by atoms with Crippen molar-refractivity contribution in [3.05, 3.63) is 46.5 Å². The molecule has 1 saturated heterocycles. The first-order valence-electron chi connectivity index (χ1n) is 9.84. The van der Waals surface area contributed by atoms with E-state index in [0.717, 1.165) is 11.3 Å². The minimum Gasteiger partial charge on any atom is -0.483 e. The largest absolute Gasteiger partial charge is 0.483 e. The fourth-order valence-corrected chi connectivity index (χ4v) is 3.67. The average Bonchev–Trinajstić information content (AvgIpc) is 3.44. The molecule has 12 nitrogen and oxygen atoms in total. The quantitative estimate of drug-likeness (QED) is 0.424. The van der Waals surface area contributed by atoms with E-state index in [1.54, 1.807) is 9.80 Å². The van der Waals surface area contributed by atoms with Gasteiger partial charge in [0.25, 0.3) is 18.3 Å². The molecule has 1 unspecified atom stereocenters. The number of nitrogens with zero attached hydrogens (tertiary/aromatic N) is 4. The van der Waals surface area contributed by atoms with Crippen LogP contribution in [0.25, 0.3) is 0 Å². The van der Waals surface area contributed by atoms with Crippen LogP contribution in [0.15, 0.2) is 18.3 Å². The molecular weight excluding hydrogens is 422 g/mol. The summed E-state index contributed by atoms with van der Waals surface area (Å²) in [6.07, 6.45) is 1.89. The zero-order valence-electron chi connectivity index (χ0n) is 17.4. The third-order valence-electron chi connectivity index (χ3n) is 5.28. The molecule has 2 aromatic heterocycles. The molecular formula is C20H23N5O7. The summed E-state index contributed by atoms with van der Waals surface area (Å²) < 4.78 is 4.63. The Morgan fingerprint density at radius 2 is 1.97 bits per heavy atom. The van der Waals surface area contributed by atoms with Crippen molar-refractivity contribution in [3.8, 4) is 0 Å². The normalized spacial score (nSPS) is 17.1. The molecule has 1 atom stereocenters. The molecule has 0 saturated carbocycles. The van der Waals surface area contributed by atoms with Crippen LogP contribution in [0, 0.1) is 0 Å². The summed E-state index contributed by atoms with van der Waals surface area (Å²) in [6.45, 7) is 1.30. The number of fused-ring (bicyclic) bond motifs is 1. The summed E-state index contributed by atoms with van der Waals surface area (Å²) in [5.74, 6) is -0.976. The van der Waals surface area contributed by atoms with E-state index in [0.29, 0.717) is 38.2 Å². The number of H-pyrrole nitrogens is 1. The van der Waals surface area contributed by atoms with Crippen LogP contribution in [0.2, 0.25) is 0 Å². The number of nitrogens with one attached hydrogen (secondary N) is 1. The van der Waals surface area contributed by atoms with Crippen molar-refractivity contribution in [2.45, 2.75) is 25.5 Å². The van der Waals surface area contributed by atoms with E-state index in [4.69, 9.17) is 9.90 Å². The Hall–Kier alpha value is -3.80. The molecule has 0 radical (unpaired) electrons. The van der Waals surface area contributed by atoms with Gasteiger partial charge in [0.1, 0.15) is 5.69 Å². The van der Waals surface area contributed by atoms with E-state index in [1.165, 1.54) is 25.4 Å². The number of carboxylic acid groups (broad SMARTS) is 1. The zero-order valence-corrected chi connectivity index (χ0v) is 17.4. The van der Waals surface area contributed by atoms with Crippen LogP contribution in [0.3, 0.4) is 0 Å². The fourth-order valence-electron chi connectivity index (χ4n) is 3.67. The highest BCUT2D eigenvalue weighted by Gasteiger charge is 2.32. The van der Waals surface area contributed by atoms with Gasteiger partial charge in [0, 0.05) is 31.4 Å². The Bertz CT molecular complexity index is 1000. The smallest absolute Gasteiger partial charge is 0.339 e. The summed E-state index contributed by atoms with van der Waals surface area (Å²) in [5, 5.41) is 23.6. The molecule has 2 amide bonds. The molecule has 1 fully saturated rings. The van der Waals surface area contributed by atoms with E-state index in [9.17, 15) is 19.5 Å². The molecule has 4 rings (SSSR count). The zero-order chi connectivity index (χ0) is 23.3. The molecule has 3 N–H and O–H groups in total. The minimum atomic E-state index is -0.515. The third kappa shape index (κ3) is 4.75. The second-order valence-corrected chi connectivity index (χ2v) is 7.23. The minimum absolute atomic E-state index is 0.195. The van der Waals surface area contributed by atoms with Crippen molar-refractivity contribution >= 4 is 24.3 Å². The van der Waals surface area contributed by atoms with Gasteiger partial charge in [-0.1, -0.05) is 0 Å². The monoisotopic (exact) mass is 445 g/mol. The van der Waals surface area contributed by atoms with Crippen LogP contribution < -0.4 is 0 Å². The topological polar surface area (TPSA) is 166 Å². The number of pyridine rings is 1. The summed E-state index contributed by atoms with van der Waals surface area (Å²) in [4.78, 5) is 52.6. The lowest BCUT2D eigenvalue weighted by atomic mass is 10.0. The number of hydrogen-bond donors (Lipinski definition) is 3. The van der Waals surface area contributed by atoms with Crippen molar-refractivity contribution in [2.24, 2.45) is 0 Å². The number of ether oxygens (including phenoxy) is 1. The number of hydrogen-bond acceptors (Lipinski definition) is 8. The maximum atomic E-state index is 12.8. The van der Waals surface area contributed by atoms with Gasteiger partial charge in [-0.3, -0.25) is 24.5 Å². The van der Waals surface area contributed by atoms with Gasteiger partial charge in [-0.05, 0) is 25.0 Å². The summed E-state index contributed by atoms with van der Waals surface area (Å²) in [7, 11) is 1.28. The second kappa shape index (κ2) is 10.0. The lowest BCUT2D eigenvalue weighted by Crippen LogP contribution is -2.37. The molecule has 0 bridgehead atoms. The number of carbonyl (C=O) groups is 4. The van der Waals surface area contributed by atoms with Crippen LogP contribution in [0.4, 0.5) is 0 Å². The Morgan fingerprint density at radius 1 is 1.22 bits per heavy atom. The number of amides is 2. The number of β-amino-alcohol motifs (C(OH)–C–C–N with tert-alkyl or cyclic N) is 1. The van der Waals surface area contributed by atoms with Gasteiger partial charge in [0.05, 0.1) is 31.0 Å².